The lowest BCUT2D eigenvalue weighted by Crippen LogP contribution is -2.03. The van der Waals surface area contributed by atoms with E-state index in [9.17, 15) is 4.57 Å². The molecule has 0 N–H and O–H groups in total. The largest absolute Gasteiger partial charge is 0.530 e. The monoisotopic (exact) mass is 380 g/mol. The van der Waals surface area contributed by atoms with Gasteiger partial charge >= 0.3 is 6.95 Å². The first-order valence-corrected chi connectivity index (χ1v) is 11.1. The smallest absolute Gasteiger partial charge is 0.404 e. The second-order valence-electron chi connectivity index (χ2n) is 7.02. The van der Waals surface area contributed by atoms with Crippen molar-refractivity contribution in [2.24, 2.45) is 11.8 Å². The third kappa shape index (κ3) is 6.41. The van der Waals surface area contributed by atoms with E-state index in [0.717, 1.165) is 24.0 Å². The molecule has 0 aromatic heterocycles. The predicted octanol–water partition coefficient (Wildman–Crippen LogP) is 6.89. The van der Waals surface area contributed by atoms with Gasteiger partial charge in [-0.25, -0.2) is 4.57 Å². The van der Waals surface area contributed by atoms with Crippen LogP contribution in [0, 0.1) is 11.8 Å². The molecular weight excluding hydrogens is 355 g/mol. The maximum atomic E-state index is 12.7. The number of hydrogen-bond donors (Lipinski definition) is 0. The molecule has 0 saturated heterocycles. The van der Waals surface area contributed by atoms with Gasteiger partial charge in [0, 0.05) is 11.2 Å². The molecule has 0 fully saturated rings. The fourth-order valence-corrected chi connectivity index (χ4v) is 3.97. The normalized spacial score (nSPS) is 11.8. The Balaban J connectivity index is 2.20. The number of halogens is 1. The molecule has 0 spiro atoms. The van der Waals surface area contributed by atoms with Crippen LogP contribution in [0.3, 0.4) is 0 Å². The Morgan fingerprint density at radius 2 is 1.16 bits per heavy atom. The zero-order chi connectivity index (χ0) is 18.4. The number of benzene rings is 2. The predicted molar refractivity (Wildman–Crippen MR) is 105 cm³/mol. The van der Waals surface area contributed by atoms with Crippen LogP contribution < -0.4 is 9.05 Å². The second kappa shape index (κ2) is 8.78. The SMILES string of the molecule is CC(C)Cc1ccccc1OP(=O)(Cl)Oc1ccccc1CC(C)C. The van der Waals surface area contributed by atoms with Gasteiger partial charge in [0.2, 0.25) is 0 Å². The van der Waals surface area contributed by atoms with E-state index in [0.29, 0.717) is 23.3 Å². The van der Waals surface area contributed by atoms with Crippen LogP contribution in [0.5, 0.6) is 11.5 Å². The summed E-state index contributed by atoms with van der Waals surface area (Å²) in [7, 11) is 0. The first kappa shape index (κ1) is 19.9. The van der Waals surface area contributed by atoms with Gasteiger partial charge in [0.15, 0.2) is 0 Å². The zero-order valence-electron chi connectivity index (χ0n) is 15.2. The van der Waals surface area contributed by atoms with Gasteiger partial charge in [-0.1, -0.05) is 64.1 Å². The number of hydrogen-bond acceptors (Lipinski definition) is 3. The van der Waals surface area contributed by atoms with Gasteiger partial charge < -0.3 is 9.05 Å². The van der Waals surface area contributed by atoms with Gasteiger partial charge in [-0.05, 0) is 47.9 Å². The first-order valence-electron chi connectivity index (χ1n) is 8.61. The van der Waals surface area contributed by atoms with Crippen molar-refractivity contribution < 1.29 is 13.6 Å². The average molecular weight is 381 g/mol. The highest BCUT2D eigenvalue weighted by molar-refractivity contribution is 7.82. The quantitative estimate of drug-likeness (QED) is 0.468. The lowest BCUT2D eigenvalue weighted by molar-refractivity contribution is 0.400. The zero-order valence-corrected chi connectivity index (χ0v) is 16.9. The van der Waals surface area contributed by atoms with Crippen LogP contribution in [0.2, 0.25) is 0 Å². The van der Waals surface area contributed by atoms with E-state index in [1.165, 1.54) is 0 Å². The molecule has 0 heterocycles. The molecular formula is C20H26ClO3P. The summed E-state index contributed by atoms with van der Waals surface area (Å²) in [6, 6.07) is 15.0. The van der Waals surface area contributed by atoms with Crippen LogP contribution >= 0.6 is 18.2 Å². The fraction of sp³-hybridized carbons (Fsp3) is 0.400. The number of rotatable bonds is 8. The van der Waals surface area contributed by atoms with E-state index < -0.39 is 6.95 Å². The molecule has 0 amide bonds. The number of para-hydroxylation sites is 2. The highest BCUT2D eigenvalue weighted by Crippen LogP contribution is 2.54. The molecule has 136 valence electrons. The summed E-state index contributed by atoms with van der Waals surface area (Å²) >= 11 is 6.13. The van der Waals surface area contributed by atoms with Crippen molar-refractivity contribution in [3.8, 4) is 11.5 Å². The Morgan fingerprint density at radius 3 is 1.52 bits per heavy atom. The molecule has 25 heavy (non-hydrogen) atoms. The van der Waals surface area contributed by atoms with Crippen molar-refractivity contribution in [2.75, 3.05) is 0 Å². The van der Waals surface area contributed by atoms with Gasteiger partial charge in [-0.2, -0.15) is 0 Å². The van der Waals surface area contributed by atoms with E-state index in [4.69, 9.17) is 20.3 Å². The molecule has 0 aliphatic carbocycles. The van der Waals surface area contributed by atoms with Crippen LogP contribution in [-0.4, -0.2) is 0 Å². The molecule has 2 aromatic carbocycles. The van der Waals surface area contributed by atoms with E-state index >= 15 is 0 Å². The third-order valence-corrected chi connectivity index (χ3v) is 4.86. The summed E-state index contributed by atoms with van der Waals surface area (Å²) in [6.45, 7) is 4.68. The molecule has 0 bridgehead atoms. The van der Waals surface area contributed by atoms with E-state index in [-0.39, 0.29) is 0 Å². The third-order valence-electron chi connectivity index (χ3n) is 3.62. The minimum Gasteiger partial charge on any atom is -0.404 e. The minimum atomic E-state index is -3.80. The topological polar surface area (TPSA) is 35.5 Å². The Morgan fingerprint density at radius 1 is 0.800 bits per heavy atom. The lowest BCUT2D eigenvalue weighted by atomic mass is 10.0. The Kier molecular flexibility index (Phi) is 6.98. The van der Waals surface area contributed by atoms with Gasteiger partial charge in [0.1, 0.15) is 11.5 Å². The second-order valence-corrected chi connectivity index (χ2v) is 9.49. The molecule has 5 heteroatoms. The van der Waals surface area contributed by atoms with Crippen LogP contribution in [0.4, 0.5) is 0 Å². The highest BCUT2D eigenvalue weighted by atomic mass is 35.7. The average Bonchev–Trinajstić information content (AvgIpc) is 2.50. The maximum Gasteiger partial charge on any atom is 0.530 e. The summed E-state index contributed by atoms with van der Waals surface area (Å²) in [6.07, 6.45) is 1.63. The van der Waals surface area contributed by atoms with Crippen molar-refractivity contribution >= 4 is 18.2 Å². The Hall–Kier alpha value is -1.44. The summed E-state index contributed by atoms with van der Waals surface area (Å²) in [5.74, 6) is 1.92. The van der Waals surface area contributed by atoms with E-state index in [1.54, 1.807) is 12.1 Å². The molecule has 0 saturated carbocycles. The molecule has 0 atom stereocenters. The van der Waals surface area contributed by atoms with Gasteiger partial charge in [-0.15, -0.1) is 0 Å². The van der Waals surface area contributed by atoms with Crippen LogP contribution in [0.1, 0.15) is 38.8 Å². The van der Waals surface area contributed by atoms with Gasteiger partial charge in [0.25, 0.3) is 0 Å². The van der Waals surface area contributed by atoms with Gasteiger partial charge in [0.05, 0.1) is 0 Å². The van der Waals surface area contributed by atoms with Crippen molar-refractivity contribution in [3.05, 3.63) is 59.7 Å². The van der Waals surface area contributed by atoms with Crippen LogP contribution in [0.15, 0.2) is 48.5 Å². The summed E-state index contributed by atoms with van der Waals surface area (Å²) in [5.41, 5.74) is 1.94. The summed E-state index contributed by atoms with van der Waals surface area (Å²) in [4.78, 5) is 0. The summed E-state index contributed by atoms with van der Waals surface area (Å²) < 4.78 is 23.9. The molecule has 0 aliphatic rings. The highest BCUT2D eigenvalue weighted by Gasteiger charge is 2.27. The lowest BCUT2D eigenvalue weighted by Gasteiger charge is -2.19. The standard InChI is InChI=1S/C20H26ClO3P/c1-15(2)13-17-9-5-7-11-19(17)23-25(21,22)24-20-12-8-6-10-18(20)14-16(3)4/h5-12,15-16H,13-14H2,1-4H3. The van der Waals surface area contributed by atoms with Crippen molar-refractivity contribution in [1.82, 2.24) is 0 Å². The van der Waals surface area contributed by atoms with Crippen molar-refractivity contribution in [2.45, 2.75) is 40.5 Å². The molecule has 0 aliphatic heterocycles. The molecule has 3 nitrogen and oxygen atoms in total. The van der Waals surface area contributed by atoms with E-state index in [2.05, 4.69) is 27.7 Å². The fourth-order valence-electron chi connectivity index (χ4n) is 2.66. The van der Waals surface area contributed by atoms with Crippen molar-refractivity contribution in [1.29, 1.82) is 0 Å². The maximum absolute atomic E-state index is 12.7. The van der Waals surface area contributed by atoms with Crippen LogP contribution in [-0.2, 0) is 17.4 Å². The van der Waals surface area contributed by atoms with Gasteiger partial charge in [-0.3, -0.25) is 0 Å². The molecule has 2 rings (SSSR count). The van der Waals surface area contributed by atoms with Crippen LogP contribution in [0.25, 0.3) is 0 Å². The molecule has 0 unspecified atom stereocenters. The Bertz CT molecular complexity index is 684. The minimum absolute atomic E-state index is 0.451. The van der Waals surface area contributed by atoms with Crippen molar-refractivity contribution in [3.63, 3.8) is 0 Å². The molecule has 0 radical (unpaired) electrons. The Labute approximate surface area is 155 Å². The summed E-state index contributed by atoms with van der Waals surface area (Å²) in [5, 5.41) is 0. The molecule has 2 aromatic rings. The van der Waals surface area contributed by atoms with E-state index in [1.807, 2.05) is 36.4 Å². The first-order chi connectivity index (χ1) is 11.8.